The topological polar surface area (TPSA) is 49.5 Å². The van der Waals surface area contributed by atoms with Crippen LogP contribution in [0, 0.1) is 11.3 Å². The van der Waals surface area contributed by atoms with Crippen molar-refractivity contribution in [3.05, 3.63) is 0 Å². The highest BCUT2D eigenvalue weighted by molar-refractivity contribution is 5.03. The van der Waals surface area contributed by atoms with Crippen LogP contribution >= 0.6 is 0 Å². The Bertz CT molecular complexity index is 286. The molecule has 1 saturated carbocycles. The van der Waals surface area contributed by atoms with E-state index in [1.54, 1.807) is 0 Å². The molecule has 0 spiro atoms. The molecule has 0 aromatic carbocycles. The molecule has 0 bridgehead atoms. The van der Waals surface area contributed by atoms with Gasteiger partial charge in [0.1, 0.15) is 0 Å². The molecule has 1 unspecified atom stereocenters. The van der Waals surface area contributed by atoms with Gasteiger partial charge >= 0.3 is 0 Å². The zero-order valence-electron chi connectivity index (χ0n) is 12.8. The maximum Gasteiger partial charge on any atom is 0.0728 e. The Morgan fingerprint density at radius 1 is 1.16 bits per heavy atom. The second-order valence-electron chi connectivity index (χ2n) is 6.99. The molecule has 1 atom stereocenters. The molecule has 2 fully saturated rings. The molecular formula is C16H32N2O. The molecule has 1 aliphatic carbocycles. The van der Waals surface area contributed by atoms with E-state index in [0.717, 1.165) is 57.7 Å². The first-order valence-corrected chi connectivity index (χ1v) is 8.20. The van der Waals surface area contributed by atoms with Gasteiger partial charge in [0.2, 0.25) is 0 Å². The van der Waals surface area contributed by atoms with Gasteiger partial charge in [-0.3, -0.25) is 0 Å². The Labute approximate surface area is 118 Å². The third-order valence-corrected chi connectivity index (χ3v) is 5.96. The number of hydrogen-bond acceptors (Lipinski definition) is 3. The lowest BCUT2D eigenvalue weighted by atomic mass is 9.59. The van der Waals surface area contributed by atoms with Crippen molar-refractivity contribution in [3.63, 3.8) is 0 Å². The number of rotatable bonds is 3. The quantitative estimate of drug-likeness (QED) is 0.826. The molecule has 1 saturated heterocycles. The fraction of sp³-hybridized carbons (Fsp3) is 1.00. The predicted molar refractivity (Wildman–Crippen MR) is 80.0 cm³/mol. The van der Waals surface area contributed by atoms with Crippen molar-refractivity contribution in [1.82, 2.24) is 4.90 Å². The Kier molecular flexibility index (Phi) is 4.91. The van der Waals surface area contributed by atoms with Crippen LogP contribution in [0.25, 0.3) is 0 Å². The van der Waals surface area contributed by atoms with Crippen LogP contribution in [-0.2, 0) is 0 Å². The van der Waals surface area contributed by atoms with Crippen LogP contribution in [0.3, 0.4) is 0 Å². The number of nitrogens with zero attached hydrogens (tertiary/aromatic N) is 1. The van der Waals surface area contributed by atoms with Crippen LogP contribution in [0.15, 0.2) is 0 Å². The summed E-state index contributed by atoms with van der Waals surface area (Å²) < 4.78 is 0. The first kappa shape index (κ1) is 15.3. The second-order valence-corrected chi connectivity index (χ2v) is 6.99. The lowest BCUT2D eigenvalue weighted by molar-refractivity contribution is -0.113. The standard InChI is InChI=1S/C16H32N2O/c1-3-18-11-4-7-16(19,10-12-18)15(13-17)8-5-14(2)6-9-15/h14,19H,3-13,17H2,1-2H3. The van der Waals surface area contributed by atoms with E-state index < -0.39 is 5.60 Å². The normalized spacial score (nSPS) is 42.0. The second kappa shape index (κ2) is 6.11. The Balaban J connectivity index is 2.11. The first-order valence-electron chi connectivity index (χ1n) is 8.20. The maximum absolute atomic E-state index is 11.3. The summed E-state index contributed by atoms with van der Waals surface area (Å²) in [5.41, 5.74) is 5.61. The van der Waals surface area contributed by atoms with Gasteiger partial charge in [-0.2, -0.15) is 0 Å². The molecule has 0 radical (unpaired) electrons. The van der Waals surface area contributed by atoms with E-state index in [1.807, 2.05) is 0 Å². The van der Waals surface area contributed by atoms with E-state index in [0.29, 0.717) is 6.54 Å². The van der Waals surface area contributed by atoms with E-state index >= 15 is 0 Å². The summed E-state index contributed by atoms with van der Waals surface area (Å²) in [5.74, 6) is 0.807. The van der Waals surface area contributed by atoms with Crippen molar-refractivity contribution in [1.29, 1.82) is 0 Å². The average molecular weight is 268 g/mol. The van der Waals surface area contributed by atoms with Gasteiger partial charge in [-0.15, -0.1) is 0 Å². The minimum absolute atomic E-state index is 0.0107. The lowest BCUT2D eigenvalue weighted by Crippen LogP contribution is -2.54. The van der Waals surface area contributed by atoms with Gasteiger partial charge in [0, 0.05) is 18.5 Å². The van der Waals surface area contributed by atoms with Gasteiger partial charge in [-0.05, 0) is 51.1 Å². The molecule has 19 heavy (non-hydrogen) atoms. The van der Waals surface area contributed by atoms with Gasteiger partial charge in [0.15, 0.2) is 0 Å². The highest BCUT2D eigenvalue weighted by atomic mass is 16.3. The smallest absolute Gasteiger partial charge is 0.0728 e. The summed E-state index contributed by atoms with van der Waals surface area (Å²) in [6, 6.07) is 0. The van der Waals surface area contributed by atoms with Crippen LogP contribution in [0.2, 0.25) is 0 Å². The molecule has 2 rings (SSSR count). The van der Waals surface area contributed by atoms with Crippen LogP contribution in [-0.4, -0.2) is 41.8 Å². The van der Waals surface area contributed by atoms with E-state index in [9.17, 15) is 5.11 Å². The highest BCUT2D eigenvalue weighted by Crippen LogP contribution is 2.49. The summed E-state index contributed by atoms with van der Waals surface area (Å²) in [4.78, 5) is 2.47. The monoisotopic (exact) mass is 268 g/mol. The predicted octanol–water partition coefficient (Wildman–Crippen LogP) is 2.38. The summed E-state index contributed by atoms with van der Waals surface area (Å²) in [5, 5.41) is 11.3. The number of nitrogens with two attached hydrogens (primary N) is 1. The Morgan fingerprint density at radius 2 is 1.84 bits per heavy atom. The summed E-state index contributed by atoms with van der Waals surface area (Å²) >= 11 is 0. The highest BCUT2D eigenvalue weighted by Gasteiger charge is 2.50. The molecule has 0 amide bonds. The molecule has 0 aromatic heterocycles. The minimum Gasteiger partial charge on any atom is -0.389 e. The molecule has 3 heteroatoms. The third kappa shape index (κ3) is 2.98. The fourth-order valence-electron chi connectivity index (χ4n) is 4.20. The van der Waals surface area contributed by atoms with Crippen LogP contribution in [0.5, 0.6) is 0 Å². The van der Waals surface area contributed by atoms with Gasteiger partial charge in [-0.25, -0.2) is 0 Å². The lowest BCUT2D eigenvalue weighted by Gasteiger charge is -2.50. The number of hydrogen-bond donors (Lipinski definition) is 2. The van der Waals surface area contributed by atoms with Crippen molar-refractivity contribution in [2.75, 3.05) is 26.2 Å². The van der Waals surface area contributed by atoms with Crippen molar-refractivity contribution in [2.24, 2.45) is 17.1 Å². The van der Waals surface area contributed by atoms with Crippen molar-refractivity contribution < 1.29 is 5.11 Å². The molecule has 112 valence electrons. The van der Waals surface area contributed by atoms with Gasteiger partial charge in [0.05, 0.1) is 5.60 Å². The molecular weight excluding hydrogens is 236 g/mol. The molecule has 1 aliphatic heterocycles. The number of likely N-dealkylation sites (tertiary alicyclic amines) is 1. The first-order chi connectivity index (χ1) is 9.05. The maximum atomic E-state index is 11.3. The van der Waals surface area contributed by atoms with Gasteiger partial charge in [0.25, 0.3) is 0 Å². The average Bonchev–Trinajstić information content (AvgIpc) is 2.63. The molecule has 0 aromatic rings. The summed E-state index contributed by atoms with van der Waals surface area (Å²) in [7, 11) is 0. The van der Waals surface area contributed by atoms with Crippen molar-refractivity contribution >= 4 is 0 Å². The largest absolute Gasteiger partial charge is 0.389 e. The fourth-order valence-corrected chi connectivity index (χ4v) is 4.20. The minimum atomic E-state index is -0.522. The van der Waals surface area contributed by atoms with Gasteiger partial charge in [-0.1, -0.05) is 26.7 Å². The molecule has 2 aliphatic rings. The SMILES string of the molecule is CCN1CCCC(O)(C2(CN)CCC(C)CC2)CC1. The molecule has 3 nitrogen and oxygen atoms in total. The van der Waals surface area contributed by atoms with E-state index in [2.05, 4.69) is 18.7 Å². The Morgan fingerprint density at radius 3 is 2.42 bits per heavy atom. The van der Waals surface area contributed by atoms with E-state index in [1.165, 1.54) is 12.8 Å². The summed E-state index contributed by atoms with van der Waals surface area (Å²) in [6.07, 6.45) is 7.66. The number of aliphatic hydroxyl groups is 1. The molecule has 3 N–H and O–H groups in total. The molecule has 1 heterocycles. The van der Waals surface area contributed by atoms with Crippen LogP contribution in [0.1, 0.15) is 58.8 Å². The van der Waals surface area contributed by atoms with Crippen molar-refractivity contribution in [3.8, 4) is 0 Å². The van der Waals surface area contributed by atoms with Crippen LogP contribution in [0.4, 0.5) is 0 Å². The van der Waals surface area contributed by atoms with Crippen LogP contribution < -0.4 is 5.73 Å². The van der Waals surface area contributed by atoms with Crippen molar-refractivity contribution in [2.45, 2.75) is 64.4 Å². The van der Waals surface area contributed by atoms with E-state index in [-0.39, 0.29) is 5.41 Å². The zero-order chi connectivity index (χ0) is 13.9. The van der Waals surface area contributed by atoms with E-state index in [4.69, 9.17) is 5.73 Å². The Hall–Kier alpha value is -0.120. The zero-order valence-corrected chi connectivity index (χ0v) is 12.8. The third-order valence-electron chi connectivity index (χ3n) is 5.96. The summed E-state index contributed by atoms with van der Waals surface area (Å²) in [6.45, 7) is 8.47. The van der Waals surface area contributed by atoms with Gasteiger partial charge < -0.3 is 15.7 Å².